The van der Waals surface area contributed by atoms with Crippen molar-refractivity contribution in [3.8, 4) is 11.3 Å². The Morgan fingerprint density at radius 1 is 0.784 bits per heavy atom. The van der Waals surface area contributed by atoms with Gasteiger partial charge in [-0.05, 0) is 35.2 Å². The van der Waals surface area contributed by atoms with E-state index in [2.05, 4.69) is 38.2 Å². The fourth-order valence-corrected chi connectivity index (χ4v) is 4.65. The number of urea groups is 1. The molecule has 2 heterocycles. The monoisotopic (exact) mass is 492 g/mol. The van der Waals surface area contributed by atoms with Crippen molar-refractivity contribution < 1.29 is 9.59 Å². The first kappa shape index (κ1) is 24.5. The zero-order chi connectivity index (χ0) is 26.0. The van der Waals surface area contributed by atoms with Crippen molar-refractivity contribution in [3.63, 3.8) is 0 Å². The van der Waals surface area contributed by atoms with Crippen molar-refractivity contribution in [2.45, 2.75) is 26.2 Å². The number of amides is 3. The van der Waals surface area contributed by atoms with Gasteiger partial charge in [-0.1, -0.05) is 81.4 Å². The quantitative estimate of drug-likeness (QED) is 0.371. The van der Waals surface area contributed by atoms with E-state index in [1.807, 2.05) is 77.7 Å². The van der Waals surface area contributed by atoms with Crippen LogP contribution in [0.2, 0.25) is 0 Å². The zero-order valence-electron chi connectivity index (χ0n) is 21.6. The summed E-state index contributed by atoms with van der Waals surface area (Å²) in [5, 5.41) is 3.83. The molecule has 1 fully saturated rings. The van der Waals surface area contributed by atoms with Crippen molar-refractivity contribution in [1.82, 2.24) is 14.8 Å². The molecule has 0 atom stereocenters. The number of nitrogens with zero attached hydrogens (tertiary/aromatic N) is 3. The molecule has 1 N–H and O–H groups in total. The molecule has 6 heteroatoms. The van der Waals surface area contributed by atoms with E-state index in [-0.39, 0.29) is 17.4 Å². The average molecular weight is 493 g/mol. The number of carbonyl (C=O) groups is 2. The van der Waals surface area contributed by atoms with Crippen LogP contribution in [0.3, 0.4) is 0 Å². The lowest BCUT2D eigenvalue weighted by atomic mass is 9.87. The summed E-state index contributed by atoms with van der Waals surface area (Å²) in [6.45, 7) is 8.41. The first-order valence-electron chi connectivity index (χ1n) is 12.7. The highest BCUT2D eigenvalue weighted by Gasteiger charge is 2.26. The zero-order valence-corrected chi connectivity index (χ0v) is 21.6. The summed E-state index contributed by atoms with van der Waals surface area (Å²) in [5.41, 5.74) is 5.24. The molecule has 6 nitrogen and oxygen atoms in total. The minimum atomic E-state index is -0.142. The second-order valence-corrected chi connectivity index (χ2v) is 10.5. The number of carbonyl (C=O) groups excluding carboxylic acids is 2. The largest absolute Gasteiger partial charge is 0.335 e. The smallest absolute Gasteiger partial charge is 0.321 e. The molecule has 1 saturated heterocycles. The van der Waals surface area contributed by atoms with Gasteiger partial charge in [0.2, 0.25) is 0 Å². The van der Waals surface area contributed by atoms with E-state index < -0.39 is 0 Å². The third-order valence-electron chi connectivity index (χ3n) is 6.87. The Balaban J connectivity index is 1.28. The lowest BCUT2D eigenvalue weighted by molar-refractivity contribution is 0.0673. The Bertz CT molecular complexity index is 1420. The molecule has 188 valence electrons. The van der Waals surface area contributed by atoms with Crippen LogP contribution in [0.4, 0.5) is 10.5 Å². The second kappa shape index (κ2) is 10.1. The molecule has 1 aliphatic heterocycles. The number of rotatable bonds is 3. The lowest BCUT2D eigenvalue weighted by Crippen LogP contribution is -2.51. The van der Waals surface area contributed by atoms with Crippen molar-refractivity contribution in [3.05, 3.63) is 96.1 Å². The van der Waals surface area contributed by atoms with Gasteiger partial charge in [0.1, 0.15) is 0 Å². The van der Waals surface area contributed by atoms with E-state index in [0.29, 0.717) is 31.7 Å². The van der Waals surface area contributed by atoms with Crippen LogP contribution in [-0.2, 0) is 5.41 Å². The van der Waals surface area contributed by atoms with Crippen LogP contribution in [0.1, 0.15) is 36.7 Å². The first-order chi connectivity index (χ1) is 17.8. The Morgan fingerprint density at radius 2 is 1.41 bits per heavy atom. The van der Waals surface area contributed by atoms with Crippen LogP contribution >= 0.6 is 0 Å². The van der Waals surface area contributed by atoms with Gasteiger partial charge in [0.25, 0.3) is 5.91 Å². The predicted molar refractivity (Wildman–Crippen MR) is 149 cm³/mol. The number of fused-ring (bicyclic) bond motifs is 1. The summed E-state index contributed by atoms with van der Waals surface area (Å²) in [4.78, 5) is 34.9. The highest BCUT2D eigenvalue weighted by atomic mass is 16.2. The van der Waals surface area contributed by atoms with E-state index in [1.54, 1.807) is 4.90 Å². The van der Waals surface area contributed by atoms with Gasteiger partial charge in [-0.2, -0.15) is 0 Å². The maximum atomic E-state index is 13.7. The molecule has 0 saturated carbocycles. The maximum absolute atomic E-state index is 13.7. The topological polar surface area (TPSA) is 65.5 Å². The molecule has 0 radical (unpaired) electrons. The van der Waals surface area contributed by atoms with Gasteiger partial charge in [-0.3, -0.25) is 4.79 Å². The molecule has 37 heavy (non-hydrogen) atoms. The van der Waals surface area contributed by atoms with Gasteiger partial charge in [-0.25, -0.2) is 9.78 Å². The number of benzene rings is 3. The van der Waals surface area contributed by atoms with E-state index in [1.165, 1.54) is 5.56 Å². The summed E-state index contributed by atoms with van der Waals surface area (Å²) in [7, 11) is 0. The summed E-state index contributed by atoms with van der Waals surface area (Å²) in [5.74, 6) is -0.0337. The maximum Gasteiger partial charge on any atom is 0.321 e. The van der Waals surface area contributed by atoms with Gasteiger partial charge < -0.3 is 15.1 Å². The summed E-state index contributed by atoms with van der Waals surface area (Å²) in [6.07, 6.45) is 0. The normalized spacial score (nSPS) is 14.0. The SMILES string of the molecule is CC(C)(C)c1ccc(NC(=O)N2CCN(C(=O)c3cc(-c4ccccc4)nc4ccccc34)CC2)cc1. The van der Waals surface area contributed by atoms with Crippen molar-refractivity contribution in [2.24, 2.45) is 0 Å². The number of anilines is 1. The number of piperazine rings is 1. The molecular formula is C31H32N4O2. The molecule has 4 aromatic rings. The molecule has 0 unspecified atom stereocenters. The van der Waals surface area contributed by atoms with Crippen LogP contribution in [0, 0.1) is 0 Å². The third-order valence-corrected chi connectivity index (χ3v) is 6.87. The first-order valence-corrected chi connectivity index (χ1v) is 12.7. The van der Waals surface area contributed by atoms with E-state index in [0.717, 1.165) is 27.8 Å². The van der Waals surface area contributed by atoms with Gasteiger partial charge in [0.05, 0.1) is 16.8 Å². The summed E-state index contributed by atoms with van der Waals surface area (Å²) in [6, 6.07) is 27.4. The van der Waals surface area contributed by atoms with Crippen LogP contribution in [0.25, 0.3) is 22.2 Å². The summed E-state index contributed by atoms with van der Waals surface area (Å²) < 4.78 is 0. The fourth-order valence-electron chi connectivity index (χ4n) is 4.65. The standard InChI is InChI=1S/C31H32N4O2/c1-31(2,3)23-13-15-24(16-14-23)32-30(37)35-19-17-34(18-20-35)29(36)26-21-28(22-9-5-4-6-10-22)33-27-12-8-7-11-25(26)27/h4-16,21H,17-20H2,1-3H3,(H,32,37). The number of aromatic nitrogens is 1. The molecule has 5 rings (SSSR count). The van der Waals surface area contributed by atoms with E-state index >= 15 is 0 Å². The van der Waals surface area contributed by atoms with E-state index in [4.69, 9.17) is 4.98 Å². The molecular weight excluding hydrogens is 460 g/mol. The second-order valence-electron chi connectivity index (χ2n) is 10.5. The van der Waals surface area contributed by atoms with Gasteiger partial charge >= 0.3 is 6.03 Å². The van der Waals surface area contributed by atoms with Crippen LogP contribution in [0.5, 0.6) is 0 Å². The molecule has 3 aromatic carbocycles. The number of pyridine rings is 1. The van der Waals surface area contributed by atoms with Crippen molar-refractivity contribution in [1.29, 1.82) is 0 Å². The Kier molecular flexibility index (Phi) is 6.66. The number of hydrogen-bond acceptors (Lipinski definition) is 3. The number of hydrogen-bond donors (Lipinski definition) is 1. The molecule has 0 aliphatic carbocycles. The lowest BCUT2D eigenvalue weighted by Gasteiger charge is -2.35. The van der Waals surface area contributed by atoms with Gasteiger partial charge in [-0.15, -0.1) is 0 Å². The Labute approximate surface area is 217 Å². The van der Waals surface area contributed by atoms with Crippen LogP contribution in [-0.4, -0.2) is 52.9 Å². The Hall–Kier alpha value is -4.19. The van der Waals surface area contributed by atoms with Crippen molar-refractivity contribution in [2.75, 3.05) is 31.5 Å². The Morgan fingerprint density at radius 3 is 2.08 bits per heavy atom. The highest BCUT2D eigenvalue weighted by Crippen LogP contribution is 2.27. The van der Waals surface area contributed by atoms with E-state index in [9.17, 15) is 9.59 Å². The van der Waals surface area contributed by atoms with Crippen LogP contribution in [0.15, 0.2) is 84.9 Å². The minimum Gasteiger partial charge on any atom is -0.335 e. The predicted octanol–water partition coefficient (Wildman–Crippen LogP) is 6.19. The average Bonchev–Trinajstić information content (AvgIpc) is 2.92. The van der Waals surface area contributed by atoms with Crippen LogP contribution < -0.4 is 5.32 Å². The van der Waals surface area contributed by atoms with Gasteiger partial charge in [0.15, 0.2) is 0 Å². The van der Waals surface area contributed by atoms with Gasteiger partial charge in [0, 0.05) is 42.8 Å². The number of nitrogens with one attached hydrogen (secondary N) is 1. The molecule has 1 aromatic heterocycles. The molecule has 3 amide bonds. The highest BCUT2D eigenvalue weighted by molar-refractivity contribution is 6.07. The fraction of sp³-hybridized carbons (Fsp3) is 0.258. The molecule has 1 aliphatic rings. The third kappa shape index (κ3) is 5.33. The minimum absolute atomic E-state index is 0.0337. The number of para-hydroxylation sites is 1. The summed E-state index contributed by atoms with van der Waals surface area (Å²) >= 11 is 0. The molecule has 0 spiro atoms. The van der Waals surface area contributed by atoms with Crippen molar-refractivity contribution >= 4 is 28.5 Å². The molecule has 0 bridgehead atoms.